The van der Waals surface area contributed by atoms with E-state index in [0.717, 1.165) is 0 Å². The highest BCUT2D eigenvalue weighted by Crippen LogP contribution is 2.22. The molecule has 2 aromatic rings. The number of hydrogen-bond acceptors (Lipinski definition) is 5. The first-order valence-corrected chi connectivity index (χ1v) is 3.85. The Bertz CT molecular complexity index is 428. The van der Waals surface area contributed by atoms with Crippen LogP contribution in [0.3, 0.4) is 0 Å². The van der Waals surface area contributed by atoms with Gasteiger partial charge in [0.1, 0.15) is 5.69 Å². The first kappa shape index (κ1) is 8.00. The zero-order valence-corrected chi connectivity index (χ0v) is 7.19. The SMILES string of the molecule is Nc1nc(-c2ncccc2Cl)no1. The second-order valence-corrected chi connectivity index (χ2v) is 2.70. The predicted octanol–water partition coefficient (Wildman–Crippen LogP) is 1.37. The van der Waals surface area contributed by atoms with Crippen molar-refractivity contribution in [2.24, 2.45) is 0 Å². The maximum Gasteiger partial charge on any atom is 0.319 e. The van der Waals surface area contributed by atoms with Crippen molar-refractivity contribution in [2.45, 2.75) is 0 Å². The number of aromatic nitrogens is 3. The van der Waals surface area contributed by atoms with Crippen LogP contribution in [0.15, 0.2) is 22.9 Å². The third kappa shape index (κ3) is 1.46. The summed E-state index contributed by atoms with van der Waals surface area (Å²) in [5, 5.41) is 4.05. The zero-order valence-electron chi connectivity index (χ0n) is 6.44. The van der Waals surface area contributed by atoms with Crippen LogP contribution in [0.5, 0.6) is 0 Å². The first-order valence-electron chi connectivity index (χ1n) is 3.47. The summed E-state index contributed by atoms with van der Waals surface area (Å²) < 4.78 is 4.59. The number of nitrogens with zero attached hydrogens (tertiary/aromatic N) is 3. The molecule has 13 heavy (non-hydrogen) atoms. The van der Waals surface area contributed by atoms with E-state index in [4.69, 9.17) is 17.3 Å². The third-order valence-corrected chi connectivity index (χ3v) is 1.72. The van der Waals surface area contributed by atoms with Crippen molar-refractivity contribution in [2.75, 3.05) is 5.73 Å². The average molecular weight is 197 g/mol. The molecule has 0 aliphatic rings. The number of pyridine rings is 1. The van der Waals surface area contributed by atoms with Gasteiger partial charge in [0.15, 0.2) is 0 Å². The van der Waals surface area contributed by atoms with Gasteiger partial charge in [-0.3, -0.25) is 4.98 Å². The van der Waals surface area contributed by atoms with E-state index in [0.29, 0.717) is 16.5 Å². The minimum absolute atomic E-state index is 0.00304. The Morgan fingerprint density at radius 2 is 2.31 bits per heavy atom. The molecule has 2 heterocycles. The molecule has 6 heteroatoms. The molecular weight excluding hydrogens is 192 g/mol. The maximum absolute atomic E-state index is 5.84. The van der Waals surface area contributed by atoms with Crippen LogP contribution in [-0.2, 0) is 0 Å². The molecule has 0 bridgehead atoms. The summed E-state index contributed by atoms with van der Waals surface area (Å²) in [6, 6.07) is 3.41. The molecule has 0 aliphatic heterocycles. The maximum atomic E-state index is 5.84. The Morgan fingerprint density at radius 3 is 2.92 bits per heavy atom. The number of nitrogens with two attached hydrogens (primary N) is 1. The van der Waals surface area contributed by atoms with Gasteiger partial charge in [-0.1, -0.05) is 16.8 Å². The highest BCUT2D eigenvalue weighted by molar-refractivity contribution is 6.32. The Balaban J connectivity index is 2.52. The lowest BCUT2D eigenvalue weighted by Crippen LogP contribution is -1.87. The minimum atomic E-state index is -0.00304. The monoisotopic (exact) mass is 196 g/mol. The summed E-state index contributed by atoms with van der Waals surface area (Å²) in [5.41, 5.74) is 5.72. The summed E-state index contributed by atoms with van der Waals surface area (Å²) in [4.78, 5) is 7.78. The van der Waals surface area contributed by atoms with Crippen LogP contribution >= 0.6 is 11.6 Å². The van der Waals surface area contributed by atoms with E-state index in [2.05, 4.69) is 19.6 Å². The molecular formula is C7H5ClN4O. The van der Waals surface area contributed by atoms with Crippen molar-refractivity contribution in [1.29, 1.82) is 0 Å². The van der Waals surface area contributed by atoms with Gasteiger partial charge in [-0.15, -0.1) is 0 Å². The van der Waals surface area contributed by atoms with Crippen LogP contribution in [0.2, 0.25) is 5.02 Å². The zero-order chi connectivity index (χ0) is 9.26. The van der Waals surface area contributed by atoms with E-state index in [-0.39, 0.29) is 6.01 Å². The predicted molar refractivity (Wildman–Crippen MR) is 47.0 cm³/mol. The van der Waals surface area contributed by atoms with E-state index in [9.17, 15) is 0 Å². The van der Waals surface area contributed by atoms with Gasteiger partial charge in [0.25, 0.3) is 0 Å². The van der Waals surface area contributed by atoms with E-state index in [1.54, 1.807) is 18.3 Å². The van der Waals surface area contributed by atoms with Crippen LogP contribution < -0.4 is 5.73 Å². The van der Waals surface area contributed by atoms with E-state index in [1.165, 1.54) is 0 Å². The van der Waals surface area contributed by atoms with Crippen LogP contribution in [0.25, 0.3) is 11.5 Å². The molecule has 0 aromatic carbocycles. The number of nitrogen functional groups attached to an aromatic ring is 1. The molecule has 0 atom stereocenters. The van der Waals surface area contributed by atoms with E-state index < -0.39 is 0 Å². The summed E-state index contributed by atoms with van der Waals surface area (Å²) in [5.74, 6) is 0.295. The molecule has 0 fully saturated rings. The second kappa shape index (κ2) is 3.02. The van der Waals surface area contributed by atoms with Gasteiger partial charge >= 0.3 is 6.01 Å². The molecule has 0 spiro atoms. The smallest absolute Gasteiger partial charge is 0.319 e. The fourth-order valence-corrected chi connectivity index (χ4v) is 1.09. The fourth-order valence-electron chi connectivity index (χ4n) is 0.882. The fraction of sp³-hybridized carbons (Fsp3) is 0. The van der Waals surface area contributed by atoms with Crippen molar-refractivity contribution >= 4 is 17.6 Å². The normalized spacial score (nSPS) is 10.2. The van der Waals surface area contributed by atoms with Crippen molar-refractivity contribution in [1.82, 2.24) is 15.1 Å². The van der Waals surface area contributed by atoms with Crippen LogP contribution in [0.1, 0.15) is 0 Å². The Hall–Kier alpha value is -1.62. The molecule has 0 aliphatic carbocycles. The van der Waals surface area contributed by atoms with Crippen LogP contribution in [-0.4, -0.2) is 15.1 Å². The molecule has 66 valence electrons. The summed E-state index contributed by atoms with van der Waals surface area (Å²) >= 11 is 5.84. The van der Waals surface area contributed by atoms with Crippen LogP contribution in [0, 0.1) is 0 Å². The lowest BCUT2D eigenvalue weighted by atomic mass is 10.3. The average Bonchev–Trinajstić information content (AvgIpc) is 2.53. The van der Waals surface area contributed by atoms with Gasteiger partial charge in [0, 0.05) is 6.20 Å². The lowest BCUT2D eigenvalue weighted by Gasteiger charge is -1.94. The Labute approximate surface area is 78.5 Å². The third-order valence-electron chi connectivity index (χ3n) is 1.41. The molecule has 2 rings (SSSR count). The lowest BCUT2D eigenvalue weighted by molar-refractivity contribution is 0.436. The number of hydrogen-bond donors (Lipinski definition) is 1. The Morgan fingerprint density at radius 1 is 1.46 bits per heavy atom. The minimum Gasteiger partial charge on any atom is -0.351 e. The van der Waals surface area contributed by atoms with Gasteiger partial charge in [0.2, 0.25) is 5.82 Å². The van der Waals surface area contributed by atoms with Gasteiger partial charge in [-0.05, 0) is 12.1 Å². The highest BCUT2D eigenvalue weighted by Gasteiger charge is 2.10. The van der Waals surface area contributed by atoms with Gasteiger partial charge < -0.3 is 10.3 Å². The number of rotatable bonds is 1. The second-order valence-electron chi connectivity index (χ2n) is 2.29. The largest absolute Gasteiger partial charge is 0.351 e. The summed E-state index contributed by atoms with van der Waals surface area (Å²) in [6.07, 6.45) is 1.59. The van der Waals surface area contributed by atoms with E-state index >= 15 is 0 Å². The van der Waals surface area contributed by atoms with Crippen molar-refractivity contribution < 1.29 is 4.52 Å². The van der Waals surface area contributed by atoms with Crippen molar-refractivity contribution in [3.05, 3.63) is 23.4 Å². The Kier molecular flexibility index (Phi) is 1.86. The molecule has 0 amide bonds. The molecule has 0 unspecified atom stereocenters. The van der Waals surface area contributed by atoms with Gasteiger partial charge in [0.05, 0.1) is 5.02 Å². The van der Waals surface area contributed by atoms with Gasteiger partial charge in [-0.25, -0.2) is 0 Å². The molecule has 0 radical (unpaired) electrons. The van der Waals surface area contributed by atoms with Crippen molar-refractivity contribution in [3.8, 4) is 11.5 Å². The molecule has 0 saturated carbocycles. The number of anilines is 1. The van der Waals surface area contributed by atoms with Gasteiger partial charge in [-0.2, -0.15) is 4.98 Å². The van der Waals surface area contributed by atoms with E-state index in [1.807, 2.05) is 0 Å². The molecule has 5 nitrogen and oxygen atoms in total. The molecule has 2 aromatic heterocycles. The van der Waals surface area contributed by atoms with Crippen LogP contribution in [0.4, 0.5) is 6.01 Å². The number of halogens is 1. The highest BCUT2D eigenvalue weighted by atomic mass is 35.5. The first-order chi connectivity index (χ1) is 6.27. The molecule has 0 saturated heterocycles. The quantitative estimate of drug-likeness (QED) is 0.745. The van der Waals surface area contributed by atoms with Crippen molar-refractivity contribution in [3.63, 3.8) is 0 Å². The standard InChI is InChI=1S/C7H5ClN4O/c8-4-2-1-3-10-5(4)6-11-7(9)13-12-6/h1-3H,(H2,9,11,12). The summed E-state index contributed by atoms with van der Waals surface area (Å²) in [6.45, 7) is 0. The molecule has 2 N–H and O–H groups in total. The summed E-state index contributed by atoms with van der Waals surface area (Å²) in [7, 11) is 0. The topological polar surface area (TPSA) is 77.8 Å².